The first-order chi connectivity index (χ1) is 8.09. The molecule has 1 aromatic heterocycles. The highest BCUT2D eigenvalue weighted by Crippen LogP contribution is 2.12. The third-order valence-electron chi connectivity index (χ3n) is 1.97. The number of hydrogen-bond donors (Lipinski definition) is 3. The van der Waals surface area contributed by atoms with E-state index in [4.69, 9.17) is 10.2 Å². The monoisotopic (exact) mass is 277 g/mol. The molecule has 1 aromatic rings. The highest BCUT2D eigenvalue weighted by molar-refractivity contribution is 7.88. The fourth-order valence-electron chi connectivity index (χ4n) is 1.32. The Hall–Kier alpha value is -1.19. The molecule has 9 heteroatoms. The summed E-state index contributed by atoms with van der Waals surface area (Å²) < 4.78 is 30.0. The molecule has 0 aliphatic rings. The summed E-state index contributed by atoms with van der Waals surface area (Å²) in [5, 5.41) is 10.4. The topological polar surface area (TPSA) is 123 Å². The summed E-state index contributed by atoms with van der Waals surface area (Å²) in [6.45, 7) is 5.51. The van der Waals surface area contributed by atoms with Gasteiger partial charge in [-0.3, -0.25) is 0 Å². The van der Waals surface area contributed by atoms with Gasteiger partial charge in [0, 0.05) is 12.1 Å². The summed E-state index contributed by atoms with van der Waals surface area (Å²) in [6.07, 6.45) is 1.11. The molecule has 1 atom stereocenters. The zero-order valence-electron chi connectivity index (χ0n) is 10.9. The fraction of sp³-hybridized carbons (Fsp3) is 0.778. The highest BCUT2D eigenvalue weighted by atomic mass is 32.2. The first-order valence-electron chi connectivity index (χ1n) is 5.41. The molecule has 0 aliphatic carbocycles. The zero-order chi connectivity index (χ0) is 14.0. The van der Waals surface area contributed by atoms with E-state index in [2.05, 4.69) is 20.2 Å². The molecule has 0 saturated carbocycles. The van der Waals surface area contributed by atoms with Crippen molar-refractivity contribution in [3.63, 3.8) is 0 Å². The number of nitrogens with zero attached hydrogens (tertiary/aromatic N) is 2. The first-order valence-corrected chi connectivity index (χ1v) is 7.30. The van der Waals surface area contributed by atoms with Crippen LogP contribution >= 0.6 is 0 Å². The van der Waals surface area contributed by atoms with Gasteiger partial charge in [0.25, 0.3) is 0 Å². The largest absolute Gasteiger partial charge is 0.406 e. The lowest BCUT2D eigenvalue weighted by Crippen LogP contribution is -2.47. The molecule has 0 bridgehead atoms. The smallest absolute Gasteiger partial charge is 0.315 e. The van der Waals surface area contributed by atoms with Crippen molar-refractivity contribution in [3.8, 4) is 0 Å². The highest BCUT2D eigenvalue weighted by Gasteiger charge is 2.22. The van der Waals surface area contributed by atoms with E-state index in [9.17, 15) is 8.42 Å². The predicted octanol–water partition coefficient (Wildman–Crippen LogP) is -0.171. The maximum absolute atomic E-state index is 11.1. The Kier molecular flexibility index (Phi) is 4.30. The lowest BCUT2D eigenvalue weighted by atomic mass is 10.1. The fourth-order valence-corrected chi connectivity index (χ4v) is 2.40. The lowest BCUT2D eigenvalue weighted by Gasteiger charge is -2.24. The van der Waals surface area contributed by atoms with E-state index in [-0.39, 0.29) is 12.1 Å². The van der Waals surface area contributed by atoms with Gasteiger partial charge in [0.05, 0.1) is 12.3 Å². The Labute approximate surface area is 106 Å². The summed E-state index contributed by atoms with van der Waals surface area (Å²) in [6, 6.07) is -0.124. The normalized spacial score (nSPS) is 14.5. The van der Waals surface area contributed by atoms with E-state index >= 15 is 0 Å². The minimum Gasteiger partial charge on any atom is -0.406 e. The van der Waals surface area contributed by atoms with Crippen LogP contribution in [0.3, 0.4) is 0 Å². The summed E-state index contributed by atoms with van der Waals surface area (Å²) in [5.41, 5.74) is 4.91. The van der Waals surface area contributed by atoms with Crippen LogP contribution in [0.2, 0.25) is 0 Å². The lowest BCUT2D eigenvalue weighted by molar-refractivity contribution is 0.449. The molecule has 4 N–H and O–H groups in total. The van der Waals surface area contributed by atoms with Crippen LogP contribution in [0.25, 0.3) is 0 Å². The predicted molar refractivity (Wildman–Crippen MR) is 67.4 cm³/mol. The summed E-state index contributed by atoms with van der Waals surface area (Å²) >= 11 is 0. The first kappa shape index (κ1) is 14.9. The molecule has 0 aromatic carbocycles. The average Bonchev–Trinajstić information content (AvgIpc) is 2.59. The van der Waals surface area contributed by atoms with Crippen molar-refractivity contribution in [1.82, 2.24) is 14.9 Å². The summed E-state index contributed by atoms with van der Waals surface area (Å²) in [4.78, 5) is 0. The number of rotatable bonds is 6. The number of sulfonamides is 1. The van der Waals surface area contributed by atoms with Crippen molar-refractivity contribution < 1.29 is 12.8 Å². The third kappa shape index (κ3) is 4.98. The van der Waals surface area contributed by atoms with E-state index in [1.807, 2.05) is 0 Å². The van der Waals surface area contributed by atoms with E-state index in [0.717, 1.165) is 6.26 Å². The van der Waals surface area contributed by atoms with Gasteiger partial charge in [-0.1, -0.05) is 5.10 Å². The Bertz CT molecular complexity index is 494. The minimum absolute atomic E-state index is 0.214. The average molecular weight is 277 g/mol. The van der Waals surface area contributed by atoms with Crippen molar-refractivity contribution in [3.05, 3.63) is 5.89 Å². The van der Waals surface area contributed by atoms with Crippen LogP contribution in [-0.4, -0.2) is 37.0 Å². The molecule has 104 valence electrons. The molecular weight excluding hydrogens is 258 g/mol. The van der Waals surface area contributed by atoms with E-state index < -0.39 is 15.6 Å². The van der Waals surface area contributed by atoms with Gasteiger partial charge in [-0.15, -0.1) is 5.10 Å². The molecule has 1 rings (SSSR count). The van der Waals surface area contributed by atoms with Gasteiger partial charge in [-0.05, 0) is 20.8 Å². The standard InChI is InChI=1S/C9H19N5O3S/c1-6(10)7-12-13-8(17-7)11-5-9(2,3)14-18(4,15)16/h6,14H,5,10H2,1-4H3,(H,11,13). The van der Waals surface area contributed by atoms with Gasteiger partial charge in [-0.25, -0.2) is 13.1 Å². The Morgan fingerprint density at radius 1 is 1.44 bits per heavy atom. The van der Waals surface area contributed by atoms with Crippen LogP contribution in [-0.2, 0) is 10.0 Å². The second-order valence-corrected chi connectivity index (χ2v) is 6.59. The van der Waals surface area contributed by atoms with E-state index in [0.29, 0.717) is 12.4 Å². The van der Waals surface area contributed by atoms with Crippen molar-refractivity contribution >= 4 is 16.0 Å². The molecule has 0 saturated heterocycles. The zero-order valence-corrected chi connectivity index (χ0v) is 11.7. The van der Waals surface area contributed by atoms with Crippen LogP contribution in [0.15, 0.2) is 4.42 Å². The van der Waals surface area contributed by atoms with Crippen LogP contribution in [0.1, 0.15) is 32.7 Å². The molecule has 0 spiro atoms. The second-order valence-electron chi connectivity index (χ2n) is 4.85. The molecule has 0 aliphatic heterocycles. The molecule has 8 nitrogen and oxygen atoms in total. The quantitative estimate of drug-likeness (QED) is 0.659. The van der Waals surface area contributed by atoms with Crippen molar-refractivity contribution in [2.75, 3.05) is 18.1 Å². The van der Waals surface area contributed by atoms with Crippen LogP contribution in [0.5, 0.6) is 0 Å². The van der Waals surface area contributed by atoms with Crippen LogP contribution < -0.4 is 15.8 Å². The van der Waals surface area contributed by atoms with Gasteiger partial charge >= 0.3 is 6.01 Å². The Balaban J connectivity index is 2.58. The van der Waals surface area contributed by atoms with Gasteiger partial charge in [0.2, 0.25) is 15.9 Å². The van der Waals surface area contributed by atoms with Gasteiger partial charge in [0.15, 0.2) is 0 Å². The maximum Gasteiger partial charge on any atom is 0.315 e. The Morgan fingerprint density at radius 3 is 2.50 bits per heavy atom. The van der Waals surface area contributed by atoms with E-state index in [1.54, 1.807) is 20.8 Å². The molecule has 18 heavy (non-hydrogen) atoms. The number of nitrogens with one attached hydrogen (secondary N) is 2. The van der Waals surface area contributed by atoms with Gasteiger partial charge in [0.1, 0.15) is 0 Å². The van der Waals surface area contributed by atoms with Crippen molar-refractivity contribution in [1.29, 1.82) is 0 Å². The minimum atomic E-state index is -3.27. The maximum atomic E-state index is 11.1. The number of anilines is 1. The number of nitrogens with two attached hydrogens (primary N) is 1. The summed E-state index contributed by atoms with van der Waals surface area (Å²) in [5.74, 6) is 0.325. The second kappa shape index (κ2) is 5.21. The number of aromatic nitrogens is 2. The Morgan fingerprint density at radius 2 is 2.06 bits per heavy atom. The third-order valence-corrected chi connectivity index (χ3v) is 2.90. The van der Waals surface area contributed by atoms with Crippen LogP contribution in [0, 0.1) is 0 Å². The molecule has 0 fully saturated rings. The van der Waals surface area contributed by atoms with Crippen LogP contribution in [0.4, 0.5) is 6.01 Å². The van der Waals surface area contributed by atoms with Crippen molar-refractivity contribution in [2.45, 2.75) is 32.4 Å². The number of hydrogen-bond acceptors (Lipinski definition) is 7. The molecule has 1 unspecified atom stereocenters. The van der Waals surface area contributed by atoms with E-state index in [1.165, 1.54) is 0 Å². The van der Waals surface area contributed by atoms with Gasteiger partial charge < -0.3 is 15.5 Å². The molecule has 0 amide bonds. The molecular formula is C9H19N5O3S. The summed E-state index contributed by atoms with van der Waals surface area (Å²) in [7, 11) is -3.27. The molecule has 0 radical (unpaired) electrons. The van der Waals surface area contributed by atoms with Gasteiger partial charge in [-0.2, -0.15) is 0 Å². The molecule has 1 heterocycles. The van der Waals surface area contributed by atoms with Crippen molar-refractivity contribution in [2.24, 2.45) is 5.73 Å². The SMILES string of the molecule is CC(N)c1nnc(NCC(C)(C)NS(C)(=O)=O)o1.